The molecule has 0 bridgehead atoms. The molecule has 2 N–H and O–H groups in total. The number of imidazole rings is 1. The number of nitrogens with one attached hydrogen (secondary N) is 2. The number of halogens is 3. The molecule has 0 spiro atoms. The second-order valence-electron chi connectivity index (χ2n) is 8.12. The molecule has 0 radical (unpaired) electrons. The number of aromatic nitrogens is 4. The van der Waals surface area contributed by atoms with Crippen molar-refractivity contribution in [2.75, 3.05) is 25.5 Å². The number of fused-ring (bicyclic) bond motifs is 1. The average Bonchev–Trinajstić information content (AvgIpc) is 3.52. The summed E-state index contributed by atoms with van der Waals surface area (Å²) >= 11 is 1.50. The van der Waals surface area contributed by atoms with E-state index in [1.54, 1.807) is 19.4 Å². The van der Waals surface area contributed by atoms with Crippen molar-refractivity contribution in [2.24, 2.45) is 0 Å². The summed E-state index contributed by atoms with van der Waals surface area (Å²) in [6.07, 6.45) is -0.978. The molecule has 2 aromatic carbocycles. The molecule has 5 aromatic rings. The summed E-state index contributed by atoms with van der Waals surface area (Å²) in [5, 5.41) is 7.59. The number of alkyl halides is 3. The lowest BCUT2D eigenvalue weighted by atomic mass is 10.1. The summed E-state index contributed by atoms with van der Waals surface area (Å²) in [6.45, 7) is 0.413. The van der Waals surface area contributed by atoms with Gasteiger partial charge in [-0.1, -0.05) is 18.2 Å². The van der Waals surface area contributed by atoms with Crippen LogP contribution < -0.4 is 15.4 Å². The second kappa shape index (κ2) is 10.5. The number of ether oxygens (including phenoxy) is 1. The topological polar surface area (TPSA) is 93.4 Å². The first-order chi connectivity index (χ1) is 18.3. The summed E-state index contributed by atoms with van der Waals surface area (Å²) in [5.74, 6) is 0.439. The maximum atomic E-state index is 12.9. The SMILES string of the molecule is COc1cccc(-c2nc3sccn3c2-c2ccnc(NCCNC(=O)c3cccc(C(F)(F)F)c3)n2)c1. The molecule has 0 saturated heterocycles. The molecule has 0 atom stereocenters. The fourth-order valence-electron chi connectivity index (χ4n) is 3.87. The Hall–Kier alpha value is -4.45. The molecule has 12 heteroatoms. The lowest BCUT2D eigenvalue weighted by Crippen LogP contribution is -2.29. The fraction of sp³-hybridized carbons (Fsp3) is 0.154. The standard InChI is InChI=1S/C26H21F3N6O2S/c1-37-19-7-3-4-16(15-19)21-22(35-12-13-38-25(35)34-21)20-8-9-31-24(33-20)32-11-10-30-23(36)17-5-2-6-18(14-17)26(27,28)29/h2-9,12-15H,10-11H2,1H3,(H,30,36)(H,31,32,33). The quantitative estimate of drug-likeness (QED) is 0.258. The van der Waals surface area contributed by atoms with E-state index in [1.165, 1.54) is 23.5 Å². The molecule has 5 rings (SSSR count). The van der Waals surface area contributed by atoms with Crippen molar-refractivity contribution in [3.8, 4) is 28.4 Å². The van der Waals surface area contributed by atoms with Crippen LogP contribution in [0.15, 0.2) is 72.4 Å². The normalized spacial score (nSPS) is 11.5. The van der Waals surface area contributed by atoms with Crippen molar-refractivity contribution in [3.63, 3.8) is 0 Å². The number of methoxy groups -OCH3 is 1. The number of rotatable bonds is 8. The van der Waals surface area contributed by atoms with Gasteiger partial charge in [-0.25, -0.2) is 15.0 Å². The maximum absolute atomic E-state index is 12.9. The molecule has 3 aromatic heterocycles. The molecule has 38 heavy (non-hydrogen) atoms. The van der Waals surface area contributed by atoms with Gasteiger partial charge >= 0.3 is 6.18 Å². The number of carbonyl (C=O) groups is 1. The van der Waals surface area contributed by atoms with Crippen LogP contribution >= 0.6 is 11.3 Å². The van der Waals surface area contributed by atoms with Gasteiger partial charge in [-0.05, 0) is 36.4 Å². The Morgan fingerprint density at radius 2 is 1.92 bits per heavy atom. The van der Waals surface area contributed by atoms with Crippen LogP contribution in [0, 0.1) is 0 Å². The van der Waals surface area contributed by atoms with Crippen molar-refractivity contribution in [1.29, 1.82) is 0 Å². The van der Waals surface area contributed by atoms with Crippen LogP contribution in [0.5, 0.6) is 5.75 Å². The van der Waals surface area contributed by atoms with E-state index in [2.05, 4.69) is 20.6 Å². The Kier molecular flexibility index (Phi) is 6.97. The first kappa shape index (κ1) is 25.2. The van der Waals surface area contributed by atoms with E-state index in [0.717, 1.165) is 34.0 Å². The van der Waals surface area contributed by atoms with Gasteiger partial charge in [0.15, 0.2) is 4.96 Å². The highest BCUT2D eigenvalue weighted by Crippen LogP contribution is 2.35. The Balaban J connectivity index is 1.30. The first-order valence-electron chi connectivity index (χ1n) is 11.5. The zero-order chi connectivity index (χ0) is 26.7. The van der Waals surface area contributed by atoms with E-state index in [0.29, 0.717) is 17.4 Å². The molecule has 0 saturated carbocycles. The van der Waals surface area contributed by atoms with Crippen LogP contribution in [0.3, 0.4) is 0 Å². The number of amides is 1. The van der Waals surface area contributed by atoms with Crippen LogP contribution in [-0.4, -0.2) is 45.5 Å². The van der Waals surface area contributed by atoms with E-state index in [-0.39, 0.29) is 18.7 Å². The summed E-state index contributed by atoms with van der Waals surface area (Å²) in [5.41, 5.74) is 2.11. The summed E-state index contributed by atoms with van der Waals surface area (Å²) in [6, 6.07) is 13.7. The Morgan fingerprint density at radius 3 is 2.74 bits per heavy atom. The molecule has 3 heterocycles. The highest BCUT2D eigenvalue weighted by molar-refractivity contribution is 7.15. The largest absolute Gasteiger partial charge is 0.497 e. The first-order valence-corrected chi connectivity index (χ1v) is 12.3. The Labute approximate surface area is 219 Å². The average molecular weight is 539 g/mol. The number of thiazole rings is 1. The monoisotopic (exact) mass is 538 g/mol. The molecule has 194 valence electrons. The van der Waals surface area contributed by atoms with E-state index in [4.69, 9.17) is 9.72 Å². The van der Waals surface area contributed by atoms with Crippen molar-refractivity contribution in [2.45, 2.75) is 6.18 Å². The molecule has 0 fully saturated rings. The predicted molar refractivity (Wildman–Crippen MR) is 138 cm³/mol. The zero-order valence-corrected chi connectivity index (χ0v) is 20.8. The van der Waals surface area contributed by atoms with Crippen molar-refractivity contribution >= 4 is 28.2 Å². The van der Waals surface area contributed by atoms with Crippen LogP contribution in [0.1, 0.15) is 15.9 Å². The minimum atomic E-state index is -4.52. The van der Waals surface area contributed by atoms with Crippen molar-refractivity contribution < 1.29 is 22.7 Å². The Morgan fingerprint density at radius 1 is 1.08 bits per heavy atom. The van der Waals surface area contributed by atoms with E-state index < -0.39 is 17.6 Å². The smallest absolute Gasteiger partial charge is 0.416 e. The summed E-state index contributed by atoms with van der Waals surface area (Å²) in [4.78, 5) is 26.8. The number of benzene rings is 2. The number of hydrogen-bond acceptors (Lipinski definition) is 7. The molecule has 0 aliphatic rings. The van der Waals surface area contributed by atoms with Gasteiger partial charge in [0.05, 0.1) is 24.1 Å². The van der Waals surface area contributed by atoms with Crippen molar-refractivity contribution in [1.82, 2.24) is 24.7 Å². The van der Waals surface area contributed by atoms with Gasteiger partial charge in [0.2, 0.25) is 5.95 Å². The third kappa shape index (κ3) is 5.30. The van der Waals surface area contributed by atoms with Crippen LogP contribution in [-0.2, 0) is 6.18 Å². The second-order valence-corrected chi connectivity index (χ2v) is 9.00. The highest BCUT2D eigenvalue weighted by Gasteiger charge is 2.30. The lowest BCUT2D eigenvalue weighted by molar-refractivity contribution is -0.137. The van der Waals surface area contributed by atoms with Gasteiger partial charge in [0, 0.05) is 42.0 Å². The Bertz CT molecular complexity index is 1600. The maximum Gasteiger partial charge on any atom is 0.416 e. The molecule has 1 amide bonds. The molecular formula is C26H21F3N6O2S. The third-order valence-electron chi connectivity index (χ3n) is 5.65. The van der Waals surface area contributed by atoms with Gasteiger partial charge in [-0.2, -0.15) is 13.2 Å². The minimum Gasteiger partial charge on any atom is -0.497 e. The molecule has 8 nitrogen and oxygen atoms in total. The van der Waals surface area contributed by atoms with Crippen LogP contribution in [0.4, 0.5) is 19.1 Å². The van der Waals surface area contributed by atoms with E-state index in [9.17, 15) is 18.0 Å². The van der Waals surface area contributed by atoms with Gasteiger partial charge in [0.25, 0.3) is 5.91 Å². The van der Waals surface area contributed by atoms with E-state index in [1.807, 2.05) is 40.2 Å². The van der Waals surface area contributed by atoms with Gasteiger partial charge in [-0.15, -0.1) is 11.3 Å². The number of anilines is 1. The summed E-state index contributed by atoms with van der Waals surface area (Å²) in [7, 11) is 1.61. The number of carbonyl (C=O) groups excluding carboxylic acids is 1. The number of nitrogens with zero attached hydrogens (tertiary/aromatic N) is 4. The summed E-state index contributed by atoms with van der Waals surface area (Å²) < 4.78 is 46.1. The van der Waals surface area contributed by atoms with Gasteiger partial charge < -0.3 is 15.4 Å². The fourth-order valence-corrected chi connectivity index (χ4v) is 4.58. The highest BCUT2D eigenvalue weighted by atomic mass is 32.1. The zero-order valence-electron chi connectivity index (χ0n) is 20.0. The minimum absolute atomic E-state index is 0.0661. The van der Waals surface area contributed by atoms with Crippen LogP contribution in [0.2, 0.25) is 0 Å². The van der Waals surface area contributed by atoms with Gasteiger partial charge in [-0.3, -0.25) is 9.20 Å². The molecule has 0 aliphatic heterocycles. The predicted octanol–water partition coefficient (Wildman–Crippen LogP) is 5.39. The number of hydrogen-bond donors (Lipinski definition) is 2. The third-order valence-corrected chi connectivity index (χ3v) is 6.41. The van der Waals surface area contributed by atoms with E-state index >= 15 is 0 Å². The lowest BCUT2D eigenvalue weighted by Gasteiger charge is -2.10. The molecule has 0 unspecified atom stereocenters. The van der Waals surface area contributed by atoms with Crippen molar-refractivity contribution in [3.05, 3.63) is 83.5 Å². The molecular weight excluding hydrogens is 517 g/mol. The van der Waals surface area contributed by atoms with Crippen LogP contribution in [0.25, 0.3) is 27.6 Å². The van der Waals surface area contributed by atoms with Gasteiger partial charge in [0.1, 0.15) is 11.4 Å². The molecule has 0 aliphatic carbocycles.